The Kier molecular flexibility index (Phi) is 2.89. The number of Topliss-reactive ketones (excluding diaryl/α,β-unsaturated/α-hetero) is 1. The van der Waals surface area contributed by atoms with E-state index in [0.717, 1.165) is 11.3 Å². The fourth-order valence-electron chi connectivity index (χ4n) is 1.47. The van der Waals surface area contributed by atoms with Gasteiger partial charge in [-0.1, -0.05) is 13.8 Å². The maximum atomic E-state index is 11.8. The summed E-state index contributed by atoms with van der Waals surface area (Å²) in [6, 6.07) is 1.88. The number of carbonyl (C=O) groups excluding carboxylic acids is 1. The summed E-state index contributed by atoms with van der Waals surface area (Å²) < 4.78 is 0. The van der Waals surface area contributed by atoms with Crippen molar-refractivity contribution in [3.63, 3.8) is 0 Å². The number of aryl methyl sites for hydroxylation is 2. The summed E-state index contributed by atoms with van der Waals surface area (Å²) in [7, 11) is 0. The van der Waals surface area contributed by atoms with E-state index in [-0.39, 0.29) is 11.7 Å². The number of hydrogen-bond donors (Lipinski definition) is 1. The Balaban J connectivity index is 3.28. The van der Waals surface area contributed by atoms with Gasteiger partial charge in [0, 0.05) is 11.6 Å². The van der Waals surface area contributed by atoms with Crippen LogP contribution in [0, 0.1) is 19.8 Å². The summed E-state index contributed by atoms with van der Waals surface area (Å²) in [6.45, 7) is 7.48. The zero-order valence-electron chi connectivity index (χ0n) is 9.09. The second-order valence-electron chi connectivity index (χ2n) is 3.86. The highest BCUT2D eigenvalue weighted by Gasteiger charge is 2.17. The van der Waals surface area contributed by atoms with E-state index in [1.54, 1.807) is 0 Å². The molecular weight excluding hydrogens is 176 g/mol. The number of ketones is 1. The van der Waals surface area contributed by atoms with Crippen LogP contribution in [0.2, 0.25) is 0 Å². The van der Waals surface area contributed by atoms with Crippen molar-refractivity contribution in [1.29, 1.82) is 0 Å². The molecule has 0 aliphatic rings. The van der Waals surface area contributed by atoms with Gasteiger partial charge in [-0.05, 0) is 25.5 Å². The number of aromatic nitrogens is 1. The summed E-state index contributed by atoms with van der Waals surface area (Å²) in [6.07, 6.45) is 0. The van der Waals surface area contributed by atoms with Gasteiger partial charge in [0.15, 0.2) is 5.78 Å². The Morgan fingerprint density at radius 3 is 2.43 bits per heavy atom. The van der Waals surface area contributed by atoms with E-state index in [2.05, 4.69) is 4.98 Å². The summed E-state index contributed by atoms with van der Waals surface area (Å²) in [5.41, 5.74) is 8.06. The van der Waals surface area contributed by atoms with E-state index in [1.807, 2.05) is 33.8 Å². The van der Waals surface area contributed by atoms with Crippen molar-refractivity contribution in [3.05, 3.63) is 22.9 Å². The van der Waals surface area contributed by atoms with E-state index < -0.39 is 0 Å². The first kappa shape index (κ1) is 10.7. The van der Waals surface area contributed by atoms with Crippen molar-refractivity contribution in [3.8, 4) is 0 Å². The number of nitrogens with two attached hydrogens (primary N) is 1. The predicted octanol–water partition coefficient (Wildman–Crippen LogP) is 2.12. The van der Waals surface area contributed by atoms with Crippen LogP contribution in [0.3, 0.4) is 0 Å². The molecule has 76 valence electrons. The Morgan fingerprint density at radius 2 is 2.00 bits per heavy atom. The average Bonchev–Trinajstić information content (AvgIpc) is 2.01. The molecule has 0 spiro atoms. The highest BCUT2D eigenvalue weighted by molar-refractivity contribution is 6.02. The number of carbonyl (C=O) groups is 1. The quantitative estimate of drug-likeness (QED) is 0.730. The van der Waals surface area contributed by atoms with Crippen LogP contribution in [0.25, 0.3) is 0 Å². The SMILES string of the molecule is Cc1cc(C)c(C(=O)C(C)C)c(N)n1. The summed E-state index contributed by atoms with van der Waals surface area (Å²) in [4.78, 5) is 15.9. The lowest BCUT2D eigenvalue weighted by Gasteiger charge is -2.10. The van der Waals surface area contributed by atoms with Gasteiger partial charge >= 0.3 is 0 Å². The standard InChI is InChI=1S/C11H16N2O/c1-6(2)10(14)9-7(3)5-8(4)13-11(9)12/h5-6H,1-4H3,(H2,12,13). The molecule has 0 aromatic carbocycles. The Hall–Kier alpha value is -1.38. The van der Waals surface area contributed by atoms with Crippen LogP contribution in [-0.2, 0) is 0 Å². The second kappa shape index (κ2) is 3.78. The van der Waals surface area contributed by atoms with Crippen molar-refractivity contribution >= 4 is 11.6 Å². The molecule has 0 unspecified atom stereocenters. The molecule has 3 heteroatoms. The molecule has 1 aromatic heterocycles. The van der Waals surface area contributed by atoms with Crippen LogP contribution in [0.15, 0.2) is 6.07 Å². The molecule has 0 amide bonds. The minimum atomic E-state index is -0.0412. The van der Waals surface area contributed by atoms with E-state index in [4.69, 9.17) is 5.73 Å². The first-order chi connectivity index (χ1) is 6.43. The molecule has 2 N–H and O–H groups in total. The molecule has 3 nitrogen and oxygen atoms in total. The Bertz CT molecular complexity index is 347. The van der Waals surface area contributed by atoms with Crippen molar-refractivity contribution in [2.75, 3.05) is 5.73 Å². The van der Waals surface area contributed by atoms with Gasteiger partial charge in [0.1, 0.15) is 5.82 Å². The van der Waals surface area contributed by atoms with Crippen LogP contribution in [0.5, 0.6) is 0 Å². The van der Waals surface area contributed by atoms with Gasteiger partial charge < -0.3 is 5.73 Å². The lowest BCUT2D eigenvalue weighted by atomic mass is 9.97. The fourth-order valence-corrected chi connectivity index (χ4v) is 1.47. The summed E-state index contributed by atoms with van der Waals surface area (Å²) in [5, 5.41) is 0. The molecule has 0 fully saturated rings. The first-order valence-corrected chi connectivity index (χ1v) is 4.71. The molecule has 0 atom stereocenters. The van der Waals surface area contributed by atoms with Gasteiger partial charge in [0.25, 0.3) is 0 Å². The van der Waals surface area contributed by atoms with E-state index in [0.29, 0.717) is 11.4 Å². The van der Waals surface area contributed by atoms with Gasteiger partial charge in [0.05, 0.1) is 5.56 Å². The summed E-state index contributed by atoms with van der Waals surface area (Å²) in [5.74, 6) is 0.370. The topological polar surface area (TPSA) is 56.0 Å². The van der Waals surface area contributed by atoms with E-state index >= 15 is 0 Å². The van der Waals surface area contributed by atoms with E-state index in [9.17, 15) is 4.79 Å². The molecule has 0 radical (unpaired) electrons. The van der Waals surface area contributed by atoms with Gasteiger partial charge in [-0.15, -0.1) is 0 Å². The van der Waals surface area contributed by atoms with Crippen LogP contribution in [0.4, 0.5) is 5.82 Å². The van der Waals surface area contributed by atoms with Gasteiger partial charge in [-0.2, -0.15) is 0 Å². The Labute approximate surface area is 84.3 Å². The molecule has 14 heavy (non-hydrogen) atoms. The van der Waals surface area contributed by atoms with Crippen molar-refractivity contribution in [1.82, 2.24) is 4.98 Å². The molecule has 1 heterocycles. The van der Waals surface area contributed by atoms with Gasteiger partial charge in [0.2, 0.25) is 0 Å². The average molecular weight is 192 g/mol. The van der Waals surface area contributed by atoms with Crippen LogP contribution in [-0.4, -0.2) is 10.8 Å². The highest BCUT2D eigenvalue weighted by Crippen LogP contribution is 2.19. The molecule has 0 aliphatic carbocycles. The minimum absolute atomic E-state index is 0.0412. The Morgan fingerprint density at radius 1 is 1.43 bits per heavy atom. The number of nitrogen functional groups attached to an aromatic ring is 1. The molecule has 1 aromatic rings. The maximum Gasteiger partial charge on any atom is 0.169 e. The third kappa shape index (κ3) is 1.92. The molecule has 0 saturated carbocycles. The third-order valence-electron chi connectivity index (χ3n) is 2.14. The van der Waals surface area contributed by atoms with Crippen molar-refractivity contribution in [2.45, 2.75) is 27.7 Å². The molecule has 0 bridgehead atoms. The largest absolute Gasteiger partial charge is 0.383 e. The lowest BCUT2D eigenvalue weighted by Crippen LogP contribution is -2.13. The minimum Gasteiger partial charge on any atom is -0.383 e. The molecular formula is C11H16N2O. The molecule has 0 saturated heterocycles. The smallest absolute Gasteiger partial charge is 0.169 e. The second-order valence-corrected chi connectivity index (χ2v) is 3.86. The fraction of sp³-hybridized carbons (Fsp3) is 0.455. The van der Waals surface area contributed by atoms with Gasteiger partial charge in [-0.25, -0.2) is 4.98 Å². The predicted molar refractivity (Wildman–Crippen MR) is 57.3 cm³/mol. The molecule has 1 rings (SSSR count). The summed E-state index contributed by atoms with van der Waals surface area (Å²) >= 11 is 0. The number of rotatable bonds is 2. The van der Waals surface area contributed by atoms with E-state index in [1.165, 1.54) is 0 Å². The highest BCUT2D eigenvalue weighted by atomic mass is 16.1. The zero-order valence-corrected chi connectivity index (χ0v) is 9.09. The van der Waals surface area contributed by atoms with Crippen LogP contribution < -0.4 is 5.73 Å². The molecule has 0 aliphatic heterocycles. The maximum absolute atomic E-state index is 11.8. The first-order valence-electron chi connectivity index (χ1n) is 4.71. The zero-order chi connectivity index (χ0) is 10.9. The van der Waals surface area contributed by atoms with Crippen molar-refractivity contribution in [2.24, 2.45) is 5.92 Å². The van der Waals surface area contributed by atoms with Crippen LogP contribution in [0.1, 0.15) is 35.5 Å². The number of nitrogens with zero attached hydrogens (tertiary/aromatic N) is 1. The monoisotopic (exact) mass is 192 g/mol. The third-order valence-corrected chi connectivity index (χ3v) is 2.14. The van der Waals surface area contributed by atoms with Gasteiger partial charge in [-0.3, -0.25) is 4.79 Å². The number of hydrogen-bond acceptors (Lipinski definition) is 3. The normalized spacial score (nSPS) is 10.6. The number of anilines is 1. The number of pyridine rings is 1. The lowest BCUT2D eigenvalue weighted by molar-refractivity contribution is 0.0939. The van der Waals surface area contributed by atoms with Crippen molar-refractivity contribution < 1.29 is 4.79 Å². The van der Waals surface area contributed by atoms with Crippen LogP contribution >= 0.6 is 0 Å².